The minimum atomic E-state index is -0.0125. The Bertz CT molecular complexity index is 623. The first-order chi connectivity index (χ1) is 13.1. The molecule has 0 unspecified atom stereocenters. The molecule has 0 spiro atoms. The number of aryl methyl sites for hydroxylation is 1. The molecule has 1 aliphatic rings. The topological polar surface area (TPSA) is 87.4 Å². The number of carbonyl (C=O) groups excluding carboxylic acids is 1. The van der Waals surface area contributed by atoms with Crippen LogP contribution in [0.2, 0.25) is 0 Å². The van der Waals surface area contributed by atoms with E-state index in [2.05, 4.69) is 36.6 Å². The molecule has 2 rings (SSSR count). The van der Waals surface area contributed by atoms with Gasteiger partial charge in [-0.25, -0.2) is 4.99 Å². The average Bonchev–Trinajstić information content (AvgIpc) is 3.31. The summed E-state index contributed by atoms with van der Waals surface area (Å²) in [6, 6.07) is 0.557. The lowest BCUT2D eigenvalue weighted by atomic mass is 10.2. The van der Waals surface area contributed by atoms with Gasteiger partial charge in [0.15, 0.2) is 11.1 Å². The SMILES string of the molecule is CCNC(=NCC(=O)N(C)C)NCCCc1nnc(SC)n1C1CCCC1. The fraction of sp³-hybridized carbons (Fsp3) is 0.778. The predicted octanol–water partition coefficient (Wildman–Crippen LogP) is 1.69. The lowest BCUT2D eigenvalue weighted by Crippen LogP contribution is -2.39. The summed E-state index contributed by atoms with van der Waals surface area (Å²) in [7, 11) is 3.48. The number of likely N-dealkylation sites (N-methyl/N-ethyl adjacent to an activating group) is 1. The maximum atomic E-state index is 11.7. The van der Waals surface area contributed by atoms with E-state index in [1.807, 2.05) is 6.92 Å². The van der Waals surface area contributed by atoms with E-state index in [1.54, 1.807) is 30.8 Å². The third-order valence-corrected chi connectivity index (χ3v) is 5.34. The van der Waals surface area contributed by atoms with E-state index in [4.69, 9.17) is 0 Å². The van der Waals surface area contributed by atoms with Crippen LogP contribution in [0.1, 0.15) is 50.9 Å². The number of amides is 1. The largest absolute Gasteiger partial charge is 0.357 e. The standard InChI is InChI=1S/C18H33N7OS/c1-5-19-17(21-13-16(26)24(2)3)20-12-8-11-15-22-23-18(27-4)25(15)14-9-6-7-10-14/h14H,5-13H2,1-4H3,(H2,19,20,21). The molecule has 0 saturated heterocycles. The molecule has 9 heteroatoms. The fourth-order valence-corrected chi connectivity index (χ4v) is 3.80. The highest BCUT2D eigenvalue weighted by atomic mass is 32.2. The molecule has 8 nitrogen and oxygen atoms in total. The van der Waals surface area contributed by atoms with Gasteiger partial charge in [-0.3, -0.25) is 4.79 Å². The van der Waals surface area contributed by atoms with Gasteiger partial charge in [0.05, 0.1) is 0 Å². The van der Waals surface area contributed by atoms with Crippen molar-refractivity contribution in [1.29, 1.82) is 0 Å². The molecular formula is C18H33N7OS. The molecule has 2 N–H and O–H groups in total. The van der Waals surface area contributed by atoms with E-state index in [9.17, 15) is 4.79 Å². The number of aliphatic imine (C=N–C) groups is 1. The summed E-state index contributed by atoms with van der Waals surface area (Å²) in [5.74, 6) is 1.74. The first kappa shape index (κ1) is 21.5. The molecule has 0 bridgehead atoms. The number of rotatable bonds is 9. The van der Waals surface area contributed by atoms with E-state index in [1.165, 1.54) is 25.7 Å². The first-order valence-corrected chi connectivity index (χ1v) is 11.0. The second-order valence-electron chi connectivity index (χ2n) is 6.92. The number of aromatic nitrogens is 3. The smallest absolute Gasteiger partial charge is 0.243 e. The summed E-state index contributed by atoms with van der Waals surface area (Å²) < 4.78 is 2.35. The third kappa shape index (κ3) is 6.41. The molecule has 0 aliphatic heterocycles. The van der Waals surface area contributed by atoms with Crippen LogP contribution < -0.4 is 10.6 Å². The van der Waals surface area contributed by atoms with Crippen molar-refractivity contribution in [3.05, 3.63) is 5.82 Å². The van der Waals surface area contributed by atoms with Crippen LogP contribution in [-0.2, 0) is 11.2 Å². The summed E-state index contributed by atoms with van der Waals surface area (Å²) in [5, 5.41) is 16.3. The van der Waals surface area contributed by atoms with Gasteiger partial charge in [0.2, 0.25) is 5.91 Å². The Labute approximate surface area is 166 Å². The van der Waals surface area contributed by atoms with Crippen molar-refractivity contribution >= 4 is 23.6 Å². The van der Waals surface area contributed by atoms with Crippen LogP contribution in [0.25, 0.3) is 0 Å². The molecule has 1 aliphatic carbocycles. The van der Waals surface area contributed by atoms with E-state index in [0.717, 1.165) is 36.9 Å². The van der Waals surface area contributed by atoms with Crippen molar-refractivity contribution in [1.82, 2.24) is 30.3 Å². The van der Waals surface area contributed by atoms with Crippen LogP contribution in [-0.4, -0.2) is 71.5 Å². The zero-order valence-corrected chi connectivity index (χ0v) is 17.8. The van der Waals surface area contributed by atoms with Crippen molar-refractivity contribution in [3.8, 4) is 0 Å². The fourth-order valence-electron chi connectivity index (χ4n) is 3.23. The second-order valence-corrected chi connectivity index (χ2v) is 7.70. The number of thioether (sulfide) groups is 1. The minimum Gasteiger partial charge on any atom is -0.357 e. The summed E-state index contributed by atoms with van der Waals surface area (Å²) >= 11 is 1.67. The van der Waals surface area contributed by atoms with Gasteiger partial charge < -0.3 is 20.1 Å². The Kier molecular flexibility index (Phi) is 8.90. The van der Waals surface area contributed by atoms with Crippen molar-refractivity contribution in [2.45, 2.75) is 56.6 Å². The van der Waals surface area contributed by atoms with Crippen molar-refractivity contribution in [2.75, 3.05) is 40.0 Å². The van der Waals surface area contributed by atoms with Gasteiger partial charge in [-0.2, -0.15) is 0 Å². The van der Waals surface area contributed by atoms with Crippen molar-refractivity contribution < 1.29 is 4.79 Å². The second kappa shape index (κ2) is 11.2. The number of nitrogens with zero attached hydrogens (tertiary/aromatic N) is 5. The molecule has 1 heterocycles. The average molecular weight is 396 g/mol. The Hall–Kier alpha value is -1.77. The van der Waals surface area contributed by atoms with E-state index >= 15 is 0 Å². The van der Waals surface area contributed by atoms with Gasteiger partial charge >= 0.3 is 0 Å². The van der Waals surface area contributed by atoms with Crippen molar-refractivity contribution in [3.63, 3.8) is 0 Å². The zero-order valence-electron chi connectivity index (χ0n) is 17.0. The minimum absolute atomic E-state index is 0.0125. The van der Waals surface area contributed by atoms with E-state index in [-0.39, 0.29) is 12.5 Å². The molecule has 1 amide bonds. The molecule has 0 aromatic carbocycles. The normalized spacial score (nSPS) is 15.2. The van der Waals surface area contributed by atoms with Crippen LogP contribution in [0.4, 0.5) is 0 Å². The monoisotopic (exact) mass is 395 g/mol. The lowest BCUT2D eigenvalue weighted by molar-refractivity contribution is -0.127. The van der Waals surface area contributed by atoms with Gasteiger partial charge in [-0.1, -0.05) is 24.6 Å². The molecule has 0 radical (unpaired) electrons. The number of carbonyl (C=O) groups is 1. The Morgan fingerprint density at radius 2 is 2.04 bits per heavy atom. The van der Waals surface area contributed by atoms with Gasteiger partial charge in [-0.05, 0) is 32.4 Å². The zero-order chi connectivity index (χ0) is 19.6. The van der Waals surface area contributed by atoms with Gasteiger partial charge in [0, 0.05) is 39.6 Å². The number of hydrogen-bond donors (Lipinski definition) is 2. The van der Waals surface area contributed by atoms with E-state index < -0.39 is 0 Å². The van der Waals surface area contributed by atoms with Crippen LogP contribution >= 0.6 is 11.8 Å². The maximum Gasteiger partial charge on any atom is 0.243 e. The maximum absolute atomic E-state index is 11.7. The van der Waals surface area contributed by atoms with Gasteiger partial charge in [-0.15, -0.1) is 10.2 Å². The number of hydrogen-bond acceptors (Lipinski definition) is 5. The number of guanidine groups is 1. The Balaban J connectivity index is 1.87. The summed E-state index contributed by atoms with van der Waals surface area (Å²) in [5.41, 5.74) is 0. The summed E-state index contributed by atoms with van der Waals surface area (Å²) in [6.07, 6.45) is 8.94. The highest BCUT2D eigenvalue weighted by Gasteiger charge is 2.23. The predicted molar refractivity (Wildman–Crippen MR) is 110 cm³/mol. The molecule has 1 aromatic rings. The highest BCUT2D eigenvalue weighted by Crippen LogP contribution is 2.33. The molecule has 1 fully saturated rings. The molecule has 1 saturated carbocycles. The highest BCUT2D eigenvalue weighted by molar-refractivity contribution is 7.98. The first-order valence-electron chi connectivity index (χ1n) is 9.76. The van der Waals surface area contributed by atoms with Crippen molar-refractivity contribution in [2.24, 2.45) is 4.99 Å². The molecule has 1 aromatic heterocycles. The third-order valence-electron chi connectivity index (χ3n) is 4.69. The summed E-state index contributed by atoms with van der Waals surface area (Å²) in [4.78, 5) is 17.6. The molecule has 27 heavy (non-hydrogen) atoms. The number of nitrogens with one attached hydrogen (secondary N) is 2. The molecular weight excluding hydrogens is 362 g/mol. The van der Waals surface area contributed by atoms with Crippen LogP contribution in [0.5, 0.6) is 0 Å². The Morgan fingerprint density at radius 3 is 2.67 bits per heavy atom. The van der Waals surface area contributed by atoms with Gasteiger partial charge in [0.1, 0.15) is 12.4 Å². The molecule has 152 valence electrons. The summed E-state index contributed by atoms with van der Waals surface area (Å²) in [6.45, 7) is 3.69. The quantitative estimate of drug-likeness (QED) is 0.286. The van der Waals surface area contributed by atoms with E-state index in [0.29, 0.717) is 12.0 Å². The van der Waals surface area contributed by atoms with Crippen LogP contribution in [0, 0.1) is 0 Å². The molecule has 0 atom stereocenters. The lowest BCUT2D eigenvalue weighted by Gasteiger charge is -2.16. The van der Waals surface area contributed by atoms with Crippen LogP contribution in [0.3, 0.4) is 0 Å². The Morgan fingerprint density at radius 1 is 1.30 bits per heavy atom. The van der Waals surface area contributed by atoms with Gasteiger partial charge in [0.25, 0.3) is 0 Å². The van der Waals surface area contributed by atoms with Crippen LogP contribution in [0.15, 0.2) is 10.1 Å².